The molecule has 1 aromatic heterocycles. The van der Waals surface area contributed by atoms with Crippen molar-refractivity contribution in [3.63, 3.8) is 0 Å². The summed E-state index contributed by atoms with van der Waals surface area (Å²) in [6.45, 7) is 5.41. The summed E-state index contributed by atoms with van der Waals surface area (Å²) in [7, 11) is 0. The van der Waals surface area contributed by atoms with E-state index in [-0.39, 0.29) is 6.04 Å². The van der Waals surface area contributed by atoms with E-state index in [4.69, 9.17) is 4.74 Å². The fourth-order valence-electron chi connectivity index (χ4n) is 2.30. The predicted molar refractivity (Wildman–Crippen MR) is 71.9 cm³/mol. The lowest BCUT2D eigenvalue weighted by Crippen LogP contribution is -2.00. The molecule has 0 saturated carbocycles. The van der Waals surface area contributed by atoms with Crippen LogP contribution in [0.15, 0.2) is 24.4 Å². The molecule has 19 heavy (non-hydrogen) atoms. The van der Waals surface area contributed by atoms with Crippen LogP contribution < -0.4 is 0 Å². The highest BCUT2D eigenvalue weighted by Crippen LogP contribution is 2.28. The van der Waals surface area contributed by atoms with Crippen molar-refractivity contribution in [3.05, 3.63) is 41.1 Å². The largest absolute Gasteiger partial charge is 0.372 e. The summed E-state index contributed by atoms with van der Waals surface area (Å²) in [5.41, 5.74) is 4.77. The zero-order valence-electron chi connectivity index (χ0n) is 11.1. The van der Waals surface area contributed by atoms with Gasteiger partial charge in [-0.15, -0.1) is 0 Å². The summed E-state index contributed by atoms with van der Waals surface area (Å²) >= 11 is 0. The van der Waals surface area contributed by atoms with Crippen LogP contribution in [0.1, 0.15) is 41.4 Å². The minimum absolute atomic E-state index is 0.241. The van der Waals surface area contributed by atoms with Gasteiger partial charge in [-0.25, -0.2) is 0 Å². The van der Waals surface area contributed by atoms with Crippen molar-refractivity contribution in [2.24, 2.45) is 0 Å². The summed E-state index contributed by atoms with van der Waals surface area (Å²) in [5, 5.41) is 4.52. The second-order valence-corrected chi connectivity index (χ2v) is 5.10. The zero-order chi connectivity index (χ0) is 13.4. The highest BCUT2D eigenvalue weighted by molar-refractivity contribution is 5.85. The Morgan fingerprint density at radius 3 is 2.84 bits per heavy atom. The number of rotatable bonds is 3. The minimum atomic E-state index is 0.241. The normalized spacial score (nSPS) is 13.8. The van der Waals surface area contributed by atoms with Gasteiger partial charge >= 0.3 is 0 Å². The van der Waals surface area contributed by atoms with Crippen LogP contribution >= 0.6 is 0 Å². The number of hydrogen-bond acceptors (Lipinski definition) is 3. The molecule has 0 N–H and O–H groups in total. The number of carbonyl (C=O) groups is 1. The average Bonchev–Trinajstić information content (AvgIpc) is 3.04. The van der Waals surface area contributed by atoms with Crippen LogP contribution in [0, 0.1) is 0 Å². The van der Waals surface area contributed by atoms with Crippen LogP contribution in [-0.4, -0.2) is 16.1 Å². The van der Waals surface area contributed by atoms with Crippen molar-refractivity contribution in [3.8, 4) is 11.3 Å². The third kappa shape index (κ3) is 2.08. The summed E-state index contributed by atoms with van der Waals surface area (Å²) in [6.07, 6.45) is 2.67. The highest BCUT2D eigenvalue weighted by Gasteiger charge is 2.16. The van der Waals surface area contributed by atoms with E-state index >= 15 is 0 Å². The molecular weight excluding hydrogens is 240 g/mol. The molecule has 4 heteroatoms. The summed E-state index contributed by atoms with van der Waals surface area (Å²) in [5.74, 6) is 0. The van der Waals surface area contributed by atoms with Gasteiger partial charge in [-0.3, -0.25) is 9.48 Å². The molecule has 1 aromatic carbocycles. The van der Waals surface area contributed by atoms with Crippen LogP contribution in [-0.2, 0) is 18.0 Å². The lowest BCUT2D eigenvalue weighted by atomic mass is 10.0. The Bertz CT molecular complexity index is 629. The molecule has 0 radical (unpaired) electrons. The molecule has 0 bridgehead atoms. The van der Waals surface area contributed by atoms with Gasteiger partial charge in [-0.1, -0.05) is 12.1 Å². The topological polar surface area (TPSA) is 44.1 Å². The van der Waals surface area contributed by atoms with Crippen molar-refractivity contribution in [1.82, 2.24) is 9.78 Å². The predicted octanol–water partition coefficient (Wildman–Crippen LogP) is 2.97. The Morgan fingerprint density at radius 2 is 2.11 bits per heavy atom. The van der Waals surface area contributed by atoms with Gasteiger partial charge in [0.2, 0.25) is 0 Å². The maximum atomic E-state index is 11.2. The fourth-order valence-corrected chi connectivity index (χ4v) is 2.30. The second-order valence-electron chi connectivity index (χ2n) is 5.10. The fraction of sp³-hybridized carbons (Fsp3) is 0.333. The average molecular weight is 256 g/mol. The third-order valence-electron chi connectivity index (χ3n) is 3.41. The van der Waals surface area contributed by atoms with E-state index in [1.54, 1.807) is 6.20 Å². The molecule has 1 aliphatic rings. The SMILES string of the molecule is CC(C)n1cc(C=O)c(-c2ccc3c(c2)COC3)n1. The number of aldehydes is 1. The van der Waals surface area contributed by atoms with Crippen molar-refractivity contribution in [2.45, 2.75) is 33.1 Å². The van der Waals surface area contributed by atoms with Crippen molar-refractivity contribution < 1.29 is 9.53 Å². The molecule has 0 unspecified atom stereocenters. The highest BCUT2D eigenvalue weighted by atomic mass is 16.5. The molecular formula is C15H16N2O2. The number of benzene rings is 1. The first-order valence-corrected chi connectivity index (χ1v) is 6.43. The van der Waals surface area contributed by atoms with E-state index in [2.05, 4.69) is 17.2 Å². The molecule has 98 valence electrons. The monoisotopic (exact) mass is 256 g/mol. The molecule has 0 spiro atoms. The van der Waals surface area contributed by atoms with Gasteiger partial charge in [0, 0.05) is 17.8 Å². The summed E-state index contributed by atoms with van der Waals surface area (Å²) < 4.78 is 7.23. The van der Waals surface area contributed by atoms with Gasteiger partial charge in [0.25, 0.3) is 0 Å². The molecule has 1 aliphatic heterocycles. The van der Waals surface area contributed by atoms with Gasteiger partial charge < -0.3 is 4.74 Å². The summed E-state index contributed by atoms with van der Waals surface area (Å²) in [4.78, 5) is 11.2. The van der Waals surface area contributed by atoms with Gasteiger partial charge in [-0.2, -0.15) is 5.10 Å². The molecule has 2 heterocycles. The first-order chi connectivity index (χ1) is 9.19. The molecule has 0 atom stereocenters. The van der Waals surface area contributed by atoms with Crippen LogP contribution in [0.25, 0.3) is 11.3 Å². The molecule has 0 saturated heterocycles. The number of carbonyl (C=O) groups excluding carboxylic acids is 1. The van der Waals surface area contributed by atoms with E-state index < -0.39 is 0 Å². The number of hydrogen-bond donors (Lipinski definition) is 0. The molecule has 0 fully saturated rings. The number of aromatic nitrogens is 2. The Balaban J connectivity index is 2.08. The maximum absolute atomic E-state index is 11.2. The number of ether oxygens (including phenoxy) is 1. The Morgan fingerprint density at radius 1 is 1.32 bits per heavy atom. The minimum Gasteiger partial charge on any atom is -0.372 e. The molecule has 0 amide bonds. The van der Waals surface area contributed by atoms with Crippen LogP contribution in [0.3, 0.4) is 0 Å². The first kappa shape index (κ1) is 12.1. The Kier molecular flexibility index (Phi) is 2.95. The van der Waals surface area contributed by atoms with E-state index in [1.807, 2.05) is 24.6 Å². The van der Waals surface area contributed by atoms with E-state index in [9.17, 15) is 4.79 Å². The van der Waals surface area contributed by atoms with Crippen LogP contribution in [0.4, 0.5) is 0 Å². The van der Waals surface area contributed by atoms with Gasteiger partial charge in [0.05, 0.1) is 18.8 Å². The first-order valence-electron chi connectivity index (χ1n) is 6.43. The number of fused-ring (bicyclic) bond motifs is 1. The number of nitrogens with zero attached hydrogens (tertiary/aromatic N) is 2. The van der Waals surface area contributed by atoms with E-state index in [1.165, 1.54) is 11.1 Å². The molecule has 0 aliphatic carbocycles. The Hall–Kier alpha value is -1.94. The van der Waals surface area contributed by atoms with Gasteiger partial charge in [0.1, 0.15) is 5.69 Å². The van der Waals surface area contributed by atoms with E-state index in [0.29, 0.717) is 18.8 Å². The maximum Gasteiger partial charge on any atom is 0.153 e. The lowest BCUT2D eigenvalue weighted by molar-refractivity contribution is 0.112. The Labute approximate surface area is 112 Å². The lowest BCUT2D eigenvalue weighted by Gasteiger charge is -2.04. The van der Waals surface area contributed by atoms with Gasteiger partial charge in [0.15, 0.2) is 6.29 Å². The molecule has 3 rings (SSSR count). The molecule has 4 nitrogen and oxygen atoms in total. The third-order valence-corrected chi connectivity index (χ3v) is 3.41. The van der Waals surface area contributed by atoms with Crippen LogP contribution in [0.2, 0.25) is 0 Å². The van der Waals surface area contributed by atoms with Gasteiger partial charge in [-0.05, 0) is 31.0 Å². The van der Waals surface area contributed by atoms with E-state index in [0.717, 1.165) is 17.5 Å². The van der Waals surface area contributed by atoms with Crippen molar-refractivity contribution in [1.29, 1.82) is 0 Å². The van der Waals surface area contributed by atoms with Crippen LogP contribution in [0.5, 0.6) is 0 Å². The van der Waals surface area contributed by atoms with Crippen molar-refractivity contribution >= 4 is 6.29 Å². The molecule has 2 aromatic rings. The summed E-state index contributed by atoms with van der Waals surface area (Å²) in [6, 6.07) is 6.38. The smallest absolute Gasteiger partial charge is 0.153 e. The zero-order valence-corrected chi connectivity index (χ0v) is 11.1. The quantitative estimate of drug-likeness (QED) is 0.793. The standard InChI is InChI=1S/C15H16N2O2/c1-10(2)17-6-14(7-18)15(16-17)11-3-4-12-8-19-9-13(12)5-11/h3-7,10H,8-9H2,1-2H3. The van der Waals surface area contributed by atoms with Crippen molar-refractivity contribution in [2.75, 3.05) is 0 Å². The second kappa shape index (κ2) is 4.63.